The number of fused-ring (bicyclic) bond motifs is 2. The number of hydrogen-bond acceptors (Lipinski definition) is 3. The topological polar surface area (TPSA) is 50.8 Å². The van der Waals surface area contributed by atoms with Gasteiger partial charge in [0.25, 0.3) is 0 Å². The highest BCUT2D eigenvalue weighted by Crippen LogP contribution is 2.33. The Morgan fingerprint density at radius 1 is 1.12 bits per heavy atom. The van der Waals surface area contributed by atoms with Gasteiger partial charge in [-0.1, -0.05) is 6.07 Å². The number of halogens is 2. The van der Waals surface area contributed by atoms with E-state index in [4.69, 9.17) is 9.47 Å². The minimum absolute atomic E-state index is 0.118. The van der Waals surface area contributed by atoms with Crippen LogP contribution >= 0.6 is 0 Å². The van der Waals surface area contributed by atoms with E-state index < -0.39 is 5.82 Å². The predicted molar refractivity (Wildman–Crippen MR) is 90.1 cm³/mol. The summed E-state index contributed by atoms with van der Waals surface area (Å²) < 4.78 is 38.7. The molecule has 0 fully saturated rings. The highest BCUT2D eigenvalue weighted by molar-refractivity contribution is 5.75. The van der Waals surface area contributed by atoms with Crippen LogP contribution < -0.4 is 14.8 Å². The Morgan fingerprint density at radius 2 is 1.96 bits per heavy atom. The second kappa shape index (κ2) is 6.82. The lowest BCUT2D eigenvalue weighted by Crippen LogP contribution is -2.43. The van der Waals surface area contributed by atoms with Crippen molar-refractivity contribution in [1.29, 1.82) is 0 Å². The summed E-state index contributed by atoms with van der Waals surface area (Å²) in [5, 5.41) is 2.91. The van der Waals surface area contributed by atoms with Gasteiger partial charge in [-0.2, -0.15) is 0 Å². The SMILES string of the molecule is O=C(NC1CCOc2ccc(F)cc21)N1CCOc2cccc(F)c2C1. The van der Waals surface area contributed by atoms with Crippen molar-refractivity contribution < 1.29 is 23.0 Å². The maximum Gasteiger partial charge on any atom is 0.318 e. The third-order valence-corrected chi connectivity index (χ3v) is 4.64. The quantitative estimate of drug-likeness (QED) is 0.848. The summed E-state index contributed by atoms with van der Waals surface area (Å²) >= 11 is 0. The lowest BCUT2D eigenvalue weighted by molar-refractivity contribution is 0.177. The normalized spacial score (nSPS) is 18.7. The van der Waals surface area contributed by atoms with Gasteiger partial charge in [0.05, 0.1) is 25.7 Å². The van der Waals surface area contributed by atoms with Crippen molar-refractivity contribution in [2.45, 2.75) is 19.0 Å². The summed E-state index contributed by atoms with van der Waals surface area (Å²) in [4.78, 5) is 14.2. The maximum absolute atomic E-state index is 14.1. The Hall–Kier alpha value is -2.83. The molecule has 4 rings (SSSR count). The molecule has 2 amide bonds. The molecule has 0 aromatic heterocycles. The minimum Gasteiger partial charge on any atom is -0.493 e. The molecule has 2 heterocycles. The molecule has 0 bridgehead atoms. The monoisotopic (exact) mass is 360 g/mol. The second-order valence-corrected chi connectivity index (χ2v) is 6.31. The Bertz CT molecular complexity index is 844. The number of nitrogens with one attached hydrogen (secondary N) is 1. The summed E-state index contributed by atoms with van der Waals surface area (Å²) in [6.45, 7) is 1.17. The molecule has 0 saturated heterocycles. The van der Waals surface area contributed by atoms with E-state index in [9.17, 15) is 13.6 Å². The summed E-state index contributed by atoms with van der Waals surface area (Å²) in [7, 11) is 0. The molecule has 2 aromatic carbocycles. The first-order chi connectivity index (χ1) is 12.6. The number of hydrogen-bond donors (Lipinski definition) is 1. The Kier molecular flexibility index (Phi) is 4.36. The molecule has 0 spiro atoms. The zero-order valence-electron chi connectivity index (χ0n) is 14.0. The third-order valence-electron chi connectivity index (χ3n) is 4.64. The number of nitrogens with zero attached hydrogens (tertiary/aromatic N) is 1. The van der Waals surface area contributed by atoms with Gasteiger partial charge in [0.15, 0.2) is 0 Å². The minimum atomic E-state index is -0.402. The molecule has 136 valence electrons. The van der Waals surface area contributed by atoms with Gasteiger partial charge < -0.3 is 19.7 Å². The molecule has 0 saturated carbocycles. The molecule has 2 aliphatic rings. The Morgan fingerprint density at radius 3 is 2.85 bits per heavy atom. The van der Waals surface area contributed by atoms with Gasteiger partial charge in [-0.25, -0.2) is 13.6 Å². The molecule has 1 unspecified atom stereocenters. The fourth-order valence-corrected chi connectivity index (χ4v) is 3.29. The first kappa shape index (κ1) is 16.6. The molecule has 2 aromatic rings. The van der Waals surface area contributed by atoms with Gasteiger partial charge in [-0.3, -0.25) is 0 Å². The highest BCUT2D eigenvalue weighted by atomic mass is 19.1. The molecule has 26 heavy (non-hydrogen) atoms. The van der Waals surface area contributed by atoms with E-state index in [0.717, 1.165) is 0 Å². The molecule has 1 N–H and O–H groups in total. The van der Waals surface area contributed by atoms with Crippen molar-refractivity contribution >= 4 is 6.03 Å². The first-order valence-electron chi connectivity index (χ1n) is 8.49. The van der Waals surface area contributed by atoms with Crippen LogP contribution in [0.25, 0.3) is 0 Å². The summed E-state index contributed by atoms with van der Waals surface area (Å²) in [6, 6.07) is 8.19. The number of ether oxygens (including phenoxy) is 2. The number of carbonyl (C=O) groups is 1. The van der Waals surface area contributed by atoms with Crippen LogP contribution in [0, 0.1) is 11.6 Å². The molecule has 5 nitrogen and oxygen atoms in total. The van der Waals surface area contributed by atoms with Crippen molar-refractivity contribution in [2.75, 3.05) is 19.8 Å². The van der Waals surface area contributed by atoms with Crippen molar-refractivity contribution in [3.8, 4) is 11.5 Å². The van der Waals surface area contributed by atoms with Gasteiger partial charge in [-0.15, -0.1) is 0 Å². The fraction of sp³-hybridized carbons (Fsp3) is 0.316. The van der Waals surface area contributed by atoms with Crippen LogP contribution in [-0.2, 0) is 6.54 Å². The van der Waals surface area contributed by atoms with Crippen LogP contribution in [0.2, 0.25) is 0 Å². The van der Waals surface area contributed by atoms with Crippen molar-refractivity contribution in [1.82, 2.24) is 10.2 Å². The third kappa shape index (κ3) is 3.16. The highest BCUT2D eigenvalue weighted by Gasteiger charge is 2.27. The molecular weight excluding hydrogens is 342 g/mol. The fourth-order valence-electron chi connectivity index (χ4n) is 3.29. The molecule has 7 heteroatoms. The van der Waals surface area contributed by atoms with E-state index in [2.05, 4.69) is 5.32 Å². The average molecular weight is 360 g/mol. The van der Waals surface area contributed by atoms with E-state index >= 15 is 0 Å². The van der Waals surface area contributed by atoms with Crippen molar-refractivity contribution in [3.05, 3.63) is 59.2 Å². The van der Waals surface area contributed by atoms with Crippen molar-refractivity contribution in [3.63, 3.8) is 0 Å². The van der Waals surface area contributed by atoms with Crippen LogP contribution in [0.5, 0.6) is 11.5 Å². The van der Waals surface area contributed by atoms with E-state index in [1.165, 1.54) is 23.1 Å². The van der Waals surface area contributed by atoms with Gasteiger partial charge >= 0.3 is 6.03 Å². The molecule has 0 aliphatic carbocycles. The smallest absolute Gasteiger partial charge is 0.318 e. The van der Waals surface area contributed by atoms with Gasteiger partial charge in [0.1, 0.15) is 29.7 Å². The van der Waals surface area contributed by atoms with Crippen LogP contribution in [0.1, 0.15) is 23.6 Å². The number of benzene rings is 2. The molecular formula is C19H18F2N2O3. The summed E-state index contributed by atoms with van der Waals surface area (Å²) in [6.07, 6.45) is 0.539. The van der Waals surface area contributed by atoms with Gasteiger partial charge in [-0.05, 0) is 30.3 Å². The van der Waals surface area contributed by atoms with E-state index in [0.29, 0.717) is 42.2 Å². The maximum atomic E-state index is 14.1. The number of urea groups is 1. The molecule has 0 radical (unpaired) electrons. The Balaban J connectivity index is 1.53. The van der Waals surface area contributed by atoms with Crippen LogP contribution in [0.15, 0.2) is 36.4 Å². The number of rotatable bonds is 1. The zero-order valence-corrected chi connectivity index (χ0v) is 14.0. The lowest BCUT2D eigenvalue weighted by atomic mass is 10.0. The van der Waals surface area contributed by atoms with Crippen LogP contribution in [0.3, 0.4) is 0 Å². The lowest BCUT2D eigenvalue weighted by Gasteiger charge is -2.29. The van der Waals surface area contributed by atoms with Crippen molar-refractivity contribution in [2.24, 2.45) is 0 Å². The number of amides is 2. The van der Waals surface area contributed by atoms with E-state index in [-0.39, 0.29) is 31.0 Å². The van der Waals surface area contributed by atoms with E-state index in [1.807, 2.05) is 0 Å². The van der Waals surface area contributed by atoms with E-state index in [1.54, 1.807) is 18.2 Å². The van der Waals surface area contributed by atoms with Gasteiger partial charge in [0, 0.05) is 17.5 Å². The molecule has 2 aliphatic heterocycles. The zero-order chi connectivity index (χ0) is 18.1. The molecule has 1 atom stereocenters. The summed E-state index contributed by atoms with van der Waals surface area (Å²) in [5.41, 5.74) is 0.973. The van der Waals surface area contributed by atoms with Crippen LogP contribution in [-0.4, -0.2) is 30.7 Å². The Labute approximate surface area is 149 Å². The standard InChI is InChI=1S/C19H18F2N2O3/c20-12-4-5-18-13(10-12)16(6-8-25-18)22-19(24)23-7-9-26-17-3-1-2-15(21)14(17)11-23/h1-5,10,16H,6-9,11H2,(H,22,24). The van der Waals surface area contributed by atoms with Crippen LogP contribution in [0.4, 0.5) is 13.6 Å². The summed E-state index contributed by atoms with van der Waals surface area (Å²) in [5.74, 6) is 0.241. The first-order valence-corrected chi connectivity index (χ1v) is 8.49. The second-order valence-electron chi connectivity index (χ2n) is 6.31. The van der Waals surface area contributed by atoms with Gasteiger partial charge in [0.2, 0.25) is 0 Å². The average Bonchev–Trinajstić information content (AvgIpc) is 2.86. The largest absolute Gasteiger partial charge is 0.493 e. The predicted octanol–water partition coefficient (Wildman–Crippen LogP) is 3.39. The number of carbonyl (C=O) groups excluding carboxylic acids is 1.